The standard InChI is InChI=1S/C29H23Cl2F4N3O3/c1-13-12-41-27-18(13)10-23(38-26(27)15-4-5-22(32)21(31)7-15)19(29(33,34)35)11-36-28(39)17-6-16-8-20(30)14(2)37-25(16)24(9-17)40-3/h4-10,13,19H,11-12H2,1-3H3,(H,36,39)/t13-,19?/m1/s1. The predicted octanol–water partition coefficient (Wildman–Crippen LogP) is 7.63. The van der Waals surface area contributed by atoms with Crippen LogP contribution in [0, 0.1) is 12.7 Å². The molecule has 41 heavy (non-hydrogen) atoms. The van der Waals surface area contributed by atoms with Crippen LogP contribution in [0.15, 0.2) is 42.5 Å². The predicted molar refractivity (Wildman–Crippen MR) is 148 cm³/mol. The van der Waals surface area contributed by atoms with Gasteiger partial charge < -0.3 is 14.8 Å². The Labute approximate surface area is 242 Å². The van der Waals surface area contributed by atoms with E-state index in [9.17, 15) is 22.4 Å². The van der Waals surface area contributed by atoms with E-state index in [2.05, 4.69) is 15.3 Å². The molecule has 1 N–H and O–H groups in total. The van der Waals surface area contributed by atoms with Gasteiger partial charge in [0, 0.05) is 34.5 Å². The van der Waals surface area contributed by atoms with Crippen molar-refractivity contribution in [1.29, 1.82) is 0 Å². The van der Waals surface area contributed by atoms with Crippen LogP contribution < -0.4 is 14.8 Å². The van der Waals surface area contributed by atoms with E-state index >= 15 is 0 Å². The van der Waals surface area contributed by atoms with Crippen molar-refractivity contribution in [2.24, 2.45) is 0 Å². The van der Waals surface area contributed by atoms with Crippen molar-refractivity contribution in [2.45, 2.75) is 31.9 Å². The first kappa shape index (κ1) is 28.9. The summed E-state index contributed by atoms with van der Waals surface area (Å²) in [5, 5.41) is 3.05. The van der Waals surface area contributed by atoms with E-state index in [0.29, 0.717) is 38.5 Å². The lowest BCUT2D eigenvalue weighted by Crippen LogP contribution is -2.35. The van der Waals surface area contributed by atoms with Crippen LogP contribution in [0.1, 0.15) is 46.1 Å². The lowest BCUT2D eigenvalue weighted by atomic mass is 9.95. The number of hydrogen-bond donors (Lipinski definition) is 1. The molecule has 12 heteroatoms. The number of halogens is 6. The van der Waals surface area contributed by atoms with Gasteiger partial charge in [0.15, 0.2) is 0 Å². The Morgan fingerprint density at radius 1 is 1.15 bits per heavy atom. The van der Waals surface area contributed by atoms with E-state index in [0.717, 1.165) is 6.07 Å². The maximum Gasteiger partial charge on any atom is 0.398 e. The minimum Gasteiger partial charge on any atom is -0.494 e. The van der Waals surface area contributed by atoms with Crippen LogP contribution >= 0.6 is 23.2 Å². The summed E-state index contributed by atoms with van der Waals surface area (Å²) in [6, 6.07) is 9.62. The zero-order chi connectivity index (χ0) is 29.6. The van der Waals surface area contributed by atoms with Gasteiger partial charge in [-0.05, 0) is 49.4 Å². The van der Waals surface area contributed by atoms with Gasteiger partial charge in [-0.25, -0.2) is 14.4 Å². The normalized spacial score (nSPS) is 15.4. The van der Waals surface area contributed by atoms with E-state index in [-0.39, 0.29) is 40.2 Å². The first-order valence-electron chi connectivity index (χ1n) is 12.5. The number of benzene rings is 2. The van der Waals surface area contributed by atoms with Crippen LogP contribution in [-0.2, 0) is 0 Å². The zero-order valence-corrected chi connectivity index (χ0v) is 23.5. The highest BCUT2D eigenvalue weighted by molar-refractivity contribution is 6.32. The maximum absolute atomic E-state index is 14.4. The third-order valence-corrected chi connectivity index (χ3v) is 7.61. The number of carbonyl (C=O) groups is 1. The molecule has 214 valence electrons. The van der Waals surface area contributed by atoms with Crippen LogP contribution in [0.4, 0.5) is 17.6 Å². The van der Waals surface area contributed by atoms with Crippen LogP contribution in [-0.4, -0.2) is 42.3 Å². The van der Waals surface area contributed by atoms with E-state index < -0.39 is 30.4 Å². The number of pyridine rings is 2. The number of rotatable bonds is 6. The smallest absolute Gasteiger partial charge is 0.398 e. The molecule has 0 saturated heterocycles. The first-order valence-corrected chi connectivity index (χ1v) is 13.3. The molecule has 0 saturated carbocycles. The molecule has 2 aromatic carbocycles. The number of ether oxygens (including phenoxy) is 2. The molecule has 0 bridgehead atoms. The summed E-state index contributed by atoms with van der Waals surface area (Å²) in [5.41, 5.74) is 1.74. The van der Waals surface area contributed by atoms with Gasteiger partial charge in [0.2, 0.25) is 0 Å². The molecule has 5 rings (SSSR count). The van der Waals surface area contributed by atoms with Gasteiger partial charge in [-0.15, -0.1) is 0 Å². The number of amides is 1. The summed E-state index contributed by atoms with van der Waals surface area (Å²) in [6.45, 7) is 2.99. The largest absolute Gasteiger partial charge is 0.494 e. The molecule has 0 fully saturated rings. The number of hydrogen-bond acceptors (Lipinski definition) is 5. The molecule has 6 nitrogen and oxygen atoms in total. The van der Waals surface area contributed by atoms with Crippen molar-refractivity contribution in [1.82, 2.24) is 15.3 Å². The van der Waals surface area contributed by atoms with Gasteiger partial charge in [-0.1, -0.05) is 30.1 Å². The lowest BCUT2D eigenvalue weighted by Gasteiger charge is -2.22. The second-order valence-corrected chi connectivity index (χ2v) is 10.6. The van der Waals surface area contributed by atoms with Crippen LogP contribution in [0.2, 0.25) is 10.0 Å². The van der Waals surface area contributed by atoms with Crippen molar-refractivity contribution in [3.05, 3.63) is 80.8 Å². The number of aromatic nitrogens is 2. The molecule has 1 aliphatic heterocycles. The molecule has 1 unspecified atom stereocenters. The third-order valence-electron chi connectivity index (χ3n) is 6.94. The van der Waals surface area contributed by atoms with Gasteiger partial charge in [0.25, 0.3) is 5.91 Å². The van der Waals surface area contributed by atoms with Crippen molar-refractivity contribution >= 4 is 40.0 Å². The minimum absolute atomic E-state index is 0.0718. The van der Waals surface area contributed by atoms with Gasteiger partial charge in [0.1, 0.15) is 34.4 Å². The third kappa shape index (κ3) is 5.63. The van der Waals surface area contributed by atoms with Crippen molar-refractivity contribution in [2.75, 3.05) is 20.3 Å². The summed E-state index contributed by atoms with van der Waals surface area (Å²) in [5.74, 6) is -3.19. The topological polar surface area (TPSA) is 73.3 Å². The summed E-state index contributed by atoms with van der Waals surface area (Å²) in [6.07, 6.45) is -4.76. The molecular weight excluding hydrogens is 585 g/mol. The Kier molecular flexibility index (Phi) is 7.74. The van der Waals surface area contributed by atoms with Gasteiger partial charge in [-0.2, -0.15) is 13.2 Å². The maximum atomic E-state index is 14.4. The molecule has 1 aliphatic rings. The number of nitrogens with one attached hydrogen (secondary N) is 1. The number of alkyl halides is 3. The Morgan fingerprint density at radius 2 is 1.90 bits per heavy atom. The van der Waals surface area contributed by atoms with E-state index in [1.54, 1.807) is 13.0 Å². The fourth-order valence-corrected chi connectivity index (χ4v) is 5.04. The van der Waals surface area contributed by atoms with Crippen LogP contribution in [0.25, 0.3) is 22.2 Å². The van der Waals surface area contributed by atoms with Gasteiger partial charge >= 0.3 is 6.18 Å². The zero-order valence-electron chi connectivity index (χ0n) is 22.0. The molecule has 2 aromatic heterocycles. The van der Waals surface area contributed by atoms with Crippen LogP contribution in [0.3, 0.4) is 0 Å². The first-order chi connectivity index (χ1) is 19.4. The second-order valence-electron chi connectivity index (χ2n) is 9.77. The van der Waals surface area contributed by atoms with Gasteiger partial charge in [0.05, 0.1) is 35.1 Å². The SMILES string of the molecule is COc1cc(C(=O)NCC(c2cc3c(c(-c4ccc(F)c(Cl)c4)n2)OC[C@H]3C)C(F)(F)F)cc2cc(Cl)c(C)nc12. The lowest BCUT2D eigenvalue weighted by molar-refractivity contribution is -0.149. The summed E-state index contributed by atoms with van der Waals surface area (Å²) in [4.78, 5) is 21.8. The highest BCUT2D eigenvalue weighted by Gasteiger charge is 2.43. The second kappa shape index (κ2) is 11.0. The minimum atomic E-state index is -4.76. The average molecular weight is 608 g/mol. The Morgan fingerprint density at radius 3 is 2.59 bits per heavy atom. The quantitative estimate of drug-likeness (QED) is 0.228. The average Bonchev–Trinajstić information content (AvgIpc) is 3.29. The summed E-state index contributed by atoms with van der Waals surface area (Å²) < 4.78 is 68.2. The summed E-state index contributed by atoms with van der Waals surface area (Å²) >= 11 is 12.1. The van der Waals surface area contributed by atoms with E-state index in [1.807, 2.05) is 6.92 Å². The fourth-order valence-electron chi connectivity index (χ4n) is 4.70. The number of fused-ring (bicyclic) bond motifs is 2. The molecule has 0 radical (unpaired) electrons. The van der Waals surface area contributed by atoms with Crippen LogP contribution in [0.5, 0.6) is 11.5 Å². The van der Waals surface area contributed by atoms with Crippen molar-refractivity contribution in [3.63, 3.8) is 0 Å². The fraction of sp³-hybridized carbons (Fsp3) is 0.276. The molecule has 0 spiro atoms. The Bertz CT molecular complexity index is 1680. The molecule has 2 atom stereocenters. The Balaban J connectivity index is 1.50. The molecule has 0 aliphatic carbocycles. The van der Waals surface area contributed by atoms with Crippen molar-refractivity contribution < 1.29 is 31.8 Å². The van der Waals surface area contributed by atoms with Crippen molar-refractivity contribution in [3.8, 4) is 22.8 Å². The van der Waals surface area contributed by atoms with Gasteiger partial charge in [-0.3, -0.25) is 4.79 Å². The number of carbonyl (C=O) groups excluding carboxylic acids is 1. The van der Waals surface area contributed by atoms with E-state index in [4.69, 9.17) is 32.7 Å². The highest BCUT2D eigenvalue weighted by atomic mass is 35.5. The summed E-state index contributed by atoms with van der Waals surface area (Å²) in [7, 11) is 1.40. The molecule has 4 aromatic rings. The monoisotopic (exact) mass is 607 g/mol. The number of methoxy groups -OCH3 is 1. The highest BCUT2D eigenvalue weighted by Crippen LogP contribution is 2.44. The number of nitrogens with zero attached hydrogens (tertiary/aromatic N) is 2. The molecule has 3 heterocycles. The molecular formula is C29H23Cl2F4N3O3. The molecule has 1 amide bonds. The Hall–Kier alpha value is -3.63. The number of aryl methyl sites for hydroxylation is 1. The van der Waals surface area contributed by atoms with E-state index in [1.165, 1.54) is 37.4 Å².